The fourth-order valence-corrected chi connectivity index (χ4v) is 3.44. The Morgan fingerprint density at radius 2 is 1.46 bits per heavy atom. The van der Waals surface area contributed by atoms with Gasteiger partial charge in [0.2, 0.25) is 0 Å². The largest absolute Gasteiger partial charge is 0.330 e. The molecule has 0 fully saturated rings. The Kier molecular flexibility index (Phi) is 3.65. The normalized spacial score (nSPS) is 11.2. The van der Waals surface area contributed by atoms with Crippen LogP contribution < -0.4 is 11.2 Å². The number of benzene rings is 2. The van der Waals surface area contributed by atoms with Crippen LogP contribution in [0.1, 0.15) is 5.56 Å². The van der Waals surface area contributed by atoms with Crippen LogP contribution in [0.15, 0.2) is 70.4 Å². The molecule has 0 aliphatic rings. The first-order chi connectivity index (χ1) is 12.5. The van der Waals surface area contributed by atoms with Crippen LogP contribution in [0.4, 0.5) is 0 Å². The maximum Gasteiger partial charge on any atom is 0.330 e. The van der Waals surface area contributed by atoms with Crippen LogP contribution in [-0.4, -0.2) is 13.7 Å². The Morgan fingerprint density at radius 1 is 0.808 bits per heavy atom. The summed E-state index contributed by atoms with van der Waals surface area (Å²) in [5.41, 5.74) is 3.81. The molecule has 2 aromatic carbocycles. The van der Waals surface area contributed by atoms with E-state index >= 15 is 0 Å². The van der Waals surface area contributed by atoms with Gasteiger partial charge >= 0.3 is 5.69 Å². The van der Waals surface area contributed by atoms with Gasteiger partial charge in [-0.1, -0.05) is 48.5 Å². The molecule has 130 valence electrons. The van der Waals surface area contributed by atoms with Gasteiger partial charge in [0.25, 0.3) is 5.56 Å². The van der Waals surface area contributed by atoms with Crippen LogP contribution in [0.2, 0.25) is 0 Å². The summed E-state index contributed by atoms with van der Waals surface area (Å²) in [6, 6.07) is 17.8. The molecule has 2 heterocycles. The highest BCUT2D eigenvalue weighted by Gasteiger charge is 2.20. The lowest BCUT2D eigenvalue weighted by atomic mass is 10.1. The molecule has 0 atom stereocenters. The van der Waals surface area contributed by atoms with Crippen LogP contribution in [0, 0.1) is 6.92 Å². The van der Waals surface area contributed by atoms with Gasteiger partial charge in [-0.05, 0) is 24.1 Å². The number of nitrogens with zero attached hydrogens (tertiary/aromatic N) is 3. The van der Waals surface area contributed by atoms with Gasteiger partial charge in [-0.2, -0.15) is 0 Å². The fraction of sp³-hybridized carbons (Fsp3) is 0.143. The number of aromatic nitrogens is 3. The van der Waals surface area contributed by atoms with Gasteiger partial charge in [0.15, 0.2) is 0 Å². The average Bonchev–Trinajstić information content (AvgIpc) is 3.06. The van der Waals surface area contributed by atoms with Gasteiger partial charge in [0.1, 0.15) is 0 Å². The van der Waals surface area contributed by atoms with Gasteiger partial charge in [-0.3, -0.25) is 13.9 Å². The van der Waals surface area contributed by atoms with E-state index in [4.69, 9.17) is 0 Å². The van der Waals surface area contributed by atoms with Crippen molar-refractivity contribution < 1.29 is 0 Å². The summed E-state index contributed by atoms with van der Waals surface area (Å²) in [6.45, 7) is 2.03. The fourth-order valence-electron chi connectivity index (χ4n) is 3.44. The summed E-state index contributed by atoms with van der Waals surface area (Å²) in [4.78, 5) is 25.3. The van der Waals surface area contributed by atoms with Crippen LogP contribution in [0.25, 0.3) is 27.8 Å². The van der Waals surface area contributed by atoms with E-state index in [1.165, 1.54) is 11.6 Å². The van der Waals surface area contributed by atoms with Crippen molar-refractivity contribution in [3.05, 3.63) is 87.2 Å². The van der Waals surface area contributed by atoms with Crippen LogP contribution in [0.5, 0.6) is 0 Å². The smallest absolute Gasteiger partial charge is 0.313 e. The summed E-state index contributed by atoms with van der Waals surface area (Å²) in [6.07, 6.45) is 1.88. The van der Waals surface area contributed by atoms with E-state index in [9.17, 15) is 9.59 Å². The topological polar surface area (TPSA) is 48.9 Å². The Hall–Kier alpha value is -3.34. The Bertz CT molecular complexity index is 1240. The molecule has 0 N–H and O–H groups in total. The molecule has 0 spiro atoms. The van der Waals surface area contributed by atoms with Gasteiger partial charge in [0.05, 0.1) is 16.6 Å². The molecule has 0 radical (unpaired) electrons. The molecule has 2 aromatic heterocycles. The second-order valence-corrected chi connectivity index (χ2v) is 6.47. The predicted molar refractivity (Wildman–Crippen MR) is 104 cm³/mol. The molecule has 0 unspecified atom stereocenters. The van der Waals surface area contributed by atoms with E-state index in [0.29, 0.717) is 10.9 Å². The van der Waals surface area contributed by atoms with Crippen molar-refractivity contribution in [3.8, 4) is 16.9 Å². The highest BCUT2D eigenvalue weighted by atomic mass is 16.2. The molecule has 5 heteroatoms. The second-order valence-electron chi connectivity index (χ2n) is 6.47. The number of hydrogen-bond donors (Lipinski definition) is 0. The molecule has 0 aliphatic carbocycles. The number of fused-ring (bicyclic) bond motifs is 1. The van der Waals surface area contributed by atoms with Crippen molar-refractivity contribution in [3.63, 3.8) is 0 Å². The zero-order valence-electron chi connectivity index (χ0n) is 14.9. The molecule has 0 amide bonds. The standard InChI is InChI=1S/C21H19N3O2/c1-14-9-7-8-12-16(14)24-13-17-18(19(24)15-10-5-4-6-11-15)20(25)23(3)21(26)22(17)2/h4-13H,1-3H3. The van der Waals surface area contributed by atoms with E-state index in [1.807, 2.05) is 72.3 Å². The third-order valence-corrected chi connectivity index (χ3v) is 4.86. The Morgan fingerprint density at radius 3 is 2.15 bits per heavy atom. The highest BCUT2D eigenvalue weighted by molar-refractivity contribution is 5.94. The van der Waals surface area contributed by atoms with Crippen LogP contribution >= 0.6 is 0 Å². The van der Waals surface area contributed by atoms with E-state index < -0.39 is 0 Å². The minimum atomic E-state index is -0.330. The van der Waals surface area contributed by atoms with Gasteiger partial charge < -0.3 is 4.57 Å². The zero-order valence-corrected chi connectivity index (χ0v) is 14.9. The van der Waals surface area contributed by atoms with E-state index in [-0.39, 0.29) is 11.2 Å². The highest BCUT2D eigenvalue weighted by Crippen LogP contribution is 2.31. The zero-order chi connectivity index (χ0) is 18.4. The molecule has 0 saturated carbocycles. The van der Waals surface area contributed by atoms with Gasteiger partial charge in [-0.15, -0.1) is 0 Å². The number of para-hydroxylation sites is 1. The van der Waals surface area contributed by atoms with Crippen molar-refractivity contribution in [2.24, 2.45) is 14.1 Å². The molecular formula is C21H19N3O2. The van der Waals surface area contributed by atoms with E-state index in [2.05, 4.69) is 0 Å². The first kappa shape index (κ1) is 16.1. The maximum atomic E-state index is 13.0. The number of rotatable bonds is 2. The van der Waals surface area contributed by atoms with Gasteiger partial charge in [-0.25, -0.2) is 4.79 Å². The summed E-state index contributed by atoms with van der Waals surface area (Å²) in [5.74, 6) is 0. The van der Waals surface area contributed by atoms with Crippen LogP contribution in [0.3, 0.4) is 0 Å². The molecule has 0 saturated heterocycles. The summed E-state index contributed by atoms with van der Waals surface area (Å²) in [5, 5.41) is 0.545. The molecule has 4 rings (SSSR count). The van der Waals surface area contributed by atoms with Crippen LogP contribution in [-0.2, 0) is 14.1 Å². The predicted octanol–water partition coefficient (Wildman–Crippen LogP) is 3.00. The Labute approximate surface area is 150 Å². The molecule has 0 aliphatic heterocycles. The lowest BCUT2D eigenvalue weighted by Crippen LogP contribution is -2.36. The third kappa shape index (κ3) is 2.24. The minimum Gasteiger partial charge on any atom is -0.313 e. The number of aryl methyl sites for hydroxylation is 2. The monoisotopic (exact) mass is 345 g/mol. The molecule has 26 heavy (non-hydrogen) atoms. The first-order valence-electron chi connectivity index (χ1n) is 8.43. The average molecular weight is 345 g/mol. The van der Waals surface area contributed by atoms with Crippen molar-refractivity contribution in [2.75, 3.05) is 0 Å². The van der Waals surface area contributed by atoms with Crippen molar-refractivity contribution in [1.82, 2.24) is 13.7 Å². The summed E-state index contributed by atoms with van der Waals surface area (Å²) >= 11 is 0. The van der Waals surface area contributed by atoms with Crippen molar-refractivity contribution in [1.29, 1.82) is 0 Å². The maximum absolute atomic E-state index is 13.0. The minimum absolute atomic E-state index is 0.283. The lowest BCUT2D eigenvalue weighted by molar-refractivity contribution is 0.714. The quantitative estimate of drug-likeness (QED) is 0.561. The number of hydrogen-bond acceptors (Lipinski definition) is 2. The summed E-state index contributed by atoms with van der Waals surface area (Å²) < 4.78 is 4.70. The van der Waals surface area contributed by atoms with Crippen molar-refractivity contribution in [2.45, 2.75) is 6.92 Å². The van der Waals surface area contributed by atoms with E-state index in [0.717, 1.165) is 27.1 Å². The molecule has 4 aromatic rings. The van der Waals surface area contributed by atoms with Gasteiger partial charge in [0, 0.05) is 26.0 Å². The molecular weight excluding hydrogens is 326 g/mol. The molecule has 0 bridgehead atoms. The molecule has 5 nitrogen and oxygen atoms in total. The third-order valence-electron chi connectivity index (χ3n) is 4.86. The lowest BCUT2D eigenvalue weighted by Gasteiger charge is -2.12. The van der Waals surface area contributed by atoms with Crippen molar-refractivity contribution >= 4 is 10.9 Å². The van der Waals surface area contributed by atoms with E-state index in [1.54, 1.807) is 7.05 Å². The Balaban J connectivity index is 2.25. The second kappa shape index (κ2) is 5.88. The SMILES string of the molecule is Cc1ccccc1-n1cc2c(c1-c1ccccc1)c(=O)n(C)c(=O)n2C. The summed E-state index contributed by atoms with van der Waals surface area (Å²) in [7, 11) is 3.21. The first-order valence-corrected chi connectivity index (χ1v) is 8.43.